The van der Waals surface area contributed by atoms with Gasteiger partial charge < -0.3 is 5.32 Å². The van der Waals surface area contributed by atoms with E-state index in [4.69, 9.17) is 23.2 Å². The van der Waals surface area contributed by atoms with Gasteiger partial charge in [0.05, 0.1) is 16.9 Å². The number of hydrogen-bond acceptors (Lipinski definition) is 4. The van der Waals surface area contributed by atoms with E-state index in [-0.39, 0.29) is 11.3 Å². The van der Waals surface area contributed by atoms with E-state index in [2.05, 4.69) is 11.4 Å². The molecule has 1 N–H and O–H groups in total. The Morgan fingerprint density at radius 2 is 1.73 bits per heavy atom. The minimum atomic E-state index is -0.590. The molecule has 0 saturated carbocycles. The molecule has 0 spiro atoms. The number of nitriles is 1. The number of nitrogens with zero attached hydrogens (tertiary/aromatic N) is 2. The van der Waals surface area contributed by atoms with Crippen molar-refractivity contribution in [3.8, 4) is 6.07 Å². The lowest BCUT2D eigenvalue weighted by molar-refractivity contribution is -0.384. The second-order valence-corrected chi connectivity index (χ2v) is 7.40. The van der Waals surface area contributed by atoms with Crippen molar-refractivity contribution in [3.05, 3.63) is 103 Å². The van der Waals surface area contributed by atoms with Gasteiger partial charge in [-0.25, -0.2) is 0 Å². The van der Waals surface area contributed by atoms with Gasteiger partial charge in [0, 0.05) is 33.4 Å². The lowest BCUT2D eigenvalue weighted by Crippen LogP contribution is -2.13. The second kappa shape index (κ2) is 8.95. The molecule has 0 aliphatic rings. The van der Waals surface area contributed by atoms with Crippen molar-refractivity contribution >= 4 is 40.5 Å². The summed E-state index contributed by atoms with van der Waals surface area (Å²) in [5, 5.41) is 24.1. The van der Waals surface area contributed by atoms with Gasteiger partial charge in [0.1, 0.15) is 0 Å². The lowest BCUT2D eigenvalue weighted by Gasteiger charge is -2.16. The van der Waals surface area contributed by atoms with Crippen LogP contribution >= 0.6 is 23.2 Å². The summed E-state index contributed by atoms with van der Waals surface area (Å²) in [6.07, 6.45) is 0. The van der Waals surface area contributed by atoms with E-state index in [0.29, 0.717) is 21.3 Å². The molecule has 0 fully saturated rings. The van der Waals surface area contributed by atoms with Crippen LogP contribution in [0.25, 0.3) is 0 Å². The standard InChI is InChI=1S/C22H15Cl2N3O3/c1-13-10-18(19(12-25)14-2-6-16(23)7-3-14)20(24)11-21(13)26-22(28)15-4-8-17(9-5-15)27(29)30/h2-11,19H,1H3,(H,26,28)/t19-/m0/s1. The Morgan fingerprint density at radius 1 is 1.10 bits per heavy atom. The SMILES string of the molecule is Cc1cc([C@@H](C#N)c2ccc(Cl)cc2)c(Cl)cc1NC(=O)c1ccc([N+](=O)[O-])cc1. The summed E-state index contributed by atoms with van der Waals surface area (Å²) >= 11 is 12.4. The van der Waals surface area contributed by atoms with Crippen LogP contribution in [0.15, 0.2) is 60.7 Å². The molecule has 0 unspecified atom stereocenters. The number of aryl methyl sites for hydroxylation is 1. The Labute approximate surface area is 182 Å². The highest BCUT2D eigenvalue weighted by Crippen LogP contribution is 2.34. The number of anilines is 1. The normalized spacial score (nSPS) is 11.4. The van der Waals surface area contributed by atoms with Gasteiger partial charge in [-0.3, -0.25) is 14.9 Å². The highest BCUT2D eigenvalue weighted by Gasteiger charge is 2.19. The number of hydrogen-bond donors (Lipinski definition) is 1. The zero-order valence-electron chi connectivity index (χ0n) is 15.7. The molecule has 150 valence electrons. The Balaban J connectivity index is 1.87. The number of nitro groups is 1. The van der Waals surface area contributed by atoms with Crippen LogP contribution < -0.4 is 5.32 Å². The van der Waals surface area contributed by atoms with Crippen LogP contribution in [0.2, 0.25) is 10.0 Å². The van der Waals surface area contributed by atoms with Crippen molar-refractivity contribution in [1.29, 1.82) is 5.26 Å². The molecule has 1 amide bonds. The van der Waals surface area contributed by atoms with Crippen LogP contribution in [0, 0.1) is 28.4 Å². The Morgan fingerprint density at radius 3 is 2.30 bits per heavy atom. The fourth-order valence-corrected chi connectivity index (χ4v) is 3.37. The maximum absolute atomic E-state index is 12.5. The van der Waals surface area contributed by atoms with E-state index >= 15 is 0 Å². The zero-order chi connectivity index (χ0) is 21.8. The molecule has 0 saturated heterocycles. The van der Waals surface area contributed by atoms with E-state index in [1.165, 1.54) is 24.3 Å². The smallest absolute Gasteiger partial charge is 0.269 e. The first kappa shape index (κ1) is 21.3. The van der Waals surface area contributed by atoms with Crippen molar-refractivity contribution in [1.82, 2.24) is 0 Å². The van der Waals surface area contributed by atoms with E-state index in [1.807, 2.05) is 0 Å². The van der Waals surface area contributed by atoms with Gasteiger partial charge >= 0.3 is 0 Å². The predicted molar refractivity (Wildman–Crippen MR) is 116 cm³/mol. The number of non-ortho nitro benzene ring substituents is 1. The zero-order valence-corrected chi connectivity index (χ0v) is 17.2. The van der Waals surface area contributed by atoms with Gasteiger partial charge in [-0.2, -0.15) is 5.26 Å². The fraction of sp³-hybridized carbons (Fsp3) is 0.0909. The molecule has 0 aliphatic carbocycles. The average Bonchev–Trinajstić information content (AvgIpc) is 2.73. The summed E-state index contributed by atoms with van der Waals surface area (Å²) in [4.78, 5) is 22.7. The second-order valence-electron chi connectivity index (χ2n) is 6.56. The Hall–Kier alpha value is -3.40. The topological polar surface area (TPSA) is 96.0 Å². The van der Waals surface area contributed by atoms with Gasteiger partial charge in [0.25, 0.3) is 11.6 Å². The van der Waals surface area contributed by atoms with Gasteiger partial charge in [0.15, 0.2) is 0 Å². The summed E-state index contributed by atoms with van der Waals surface area (Å²) in [6.45, 7) is 1.79. The molecule has 1 atom stereocenters. The molecule has 3 aromatic carbocycles. The molecular weight excluding hydrogens is 425 g/mol. The van der Waals surface area contributed by atoms with E-state index in [0.717, 1.165) is 11.1 Å². The first-order chi connectivity index (χ1) is 14.3. The first-order valence-electron chi connectivity index (χ1n) is 8.81. The molecule has 0 aromatic heterocycles. The molecule has 6 nitrogen and oxygen atoms in total. The quantitative estimate of drug-likeness (QED) is 0.382. The third-order valence-electron chi connectivity index (χ3n) is 4.58. The van der Waals surface area contributed by atoms with Crippen molar-refractivity contribution < 1.29 is 9.72 Å². The highest BCUT2D eigenvalue weighted by molar-refractivity contribution is 6.32. The summed E-state index contributed by atoms with van der Waals surface area (Å²) in [7, 11) is 0. The largest absolute Gasteiger partial charge is 0.322 e. The minimum absolute atomic E-state index is 0.0973. The summed E-state index contributed by atoms with van der Waals surface area (Å²) < 4.78 is 0. The molecule has 0 aliphatic heterocycles. The van der Waals surface area contributed by atoms with E-state index in [9.17, 15) is 20.2 Å². The van der Waals surface area contributed by atoms with Crippen molar-refractivity contribution in [2.24, 2.45) is 0 Å². The first-order valence-corrected chi connectivity index (χ1v) is 9.56. The molecule has 0 radical (unpaired) electrons. The third kappa shape index (κ3) is 4.60. The van der Waals surface area contributed by atoms with Crippen LogP contribution in [0.4, 0.5) is 11.4 Å². The number of carbonyl (C=O) groups is 1. The van der Waals surface area contributed by atoms with Gasteiger partial charge in [0.2, 0.25) is 0 Å². The highest BCUT2D eigenvalue weighted by atomic mass is 35.5. The number of amides is 1. The number of nitrogens with one attached hydrogen (secondary N) is 1. The van der Waals surface area contributed by atoms with Crippen LogP contribution in [0.3, 0.4) is 0 Å². The molecule has 3 rings (SSSR count). The maximum atomic E-state index is 12.5. The number of benzene rings is 3. The fourth-order valence-electron chi connectivity index (χ4n) is 2.97. The molecular formula is C22H15Cl2N3O3. The molecule has 3 aromatic rings. The average molecular weight is 440 g/mol. The summed E-state index contributed by atoms with van der Waals surface area (Å²) in [5.41, 5.74) is 2.76. The maximum Gasteiger partial charge on any atom is 0.269 e. The summed E-state index contributed by atoms with van der Waals surface area (Å²) in [6, 6.07) is 17.9. The number of nitro benzene ring substituents is 1. The molecule has 30 heavy (non-hydrogen) atoms. The number of rotatable bonds is 5. The van der Waals surface area contributed by atoms with E-state index in [1.54, 1.807) is 43.3 Å². The number of carbonyl (C=O) groups excluding carboxylic acids is 1. The van der Waals surface area contributed by atoms with Crippen LogP contribution in [-0.2, 0) is 0 Å². The predicted octanol–water partition coefficient (Wildman–Crippen LogP) is 6.12. The van der Waals surface area contributed by atoms with Crippen molar-refractivity contribution in [2.75, 3.05) is 5.32 Å². The van der Waals surface area contributed by atoms with Crippen LogP contribution in [0.1, 0.15) is 33.0 Å². The monoisotopic (exact) mass is 439 g/mol. The Bertz CT molecular complexity index is 1150. The van der Waals surface area contributed by atoms with Gasteiger partial charge in [-0.15, -0.1) is 0 Å². The van der Waals surface area contributed by atoms with Gasteiger partial charge in [-0.1, -0.05) is 41.4 Å². The minimum Gasteiger partial charge on any atom is -0.322 e. The molecule has 8 heteroatoms. The summed E-state index contributed by atoms with van der Waals surface area (Å²) in [5.74, 6) is -1.01. The molecule has 0 heterocycles. The third-order valence-corrected chi connectivity index (χ3v) is 5.15. The van der Waals surface area contributed by atoms with Crippen molar-refractivity contribution in [2.45, 2.75) is 12.8 Å². The van der Waals surface area contributed by atoms with Crippen LogP contribution in [-0.4, -0.2) is 10.8 Å². The Kier molecular flexibility index (Phi) is 6.36. The lowest BCUT2D eigenvalue weighted by atomic mass is 9.91. The van der Waals surface area contributed by atoms with E-state index < -0.39 is 16.7 Å². The van der Waals surface area contributed by atoms with Gasteiger partial charge in [-0.05, 0) is 53.9 Å². The van der Waals surface area contributed by atoms with Crippen LogP contribution in [0.5, 0.6) is 0 Å². The number of halogens is 2. The molecule has 0 bridgehead atoms. The van der Waals surface area contributed by atoms with Crippen molar-refractivity contribution in [3.63, 3.8) is 0 Å².